The predicted octanol–water partition coefficient (Wildman–Crippen LogP) is 3.59. The molecule has 0 saturated carbocycles. The molecule has 3 rings (SSSR count). The third-order valence-corrected chi connectivity index (χ3v) is 4.69. The number of pyridine rings is 1. The van der Waals surface area contributed by atoms with Crippen LogP contribution in [0, 0.1) is 12.8 Å². The third kappa shape index (κ3) is 3.82. The van der Waals surface area contributed by atoms with Crippen molar-refractivity contribution in [2.75, 3.05) is 13.1 Å². The number of halogens is 2. The van der Waals surface area contributed by atoms with E-state index in [4.69, 9.17) is 5.73 Å². The van der Waals surface area contributed by atoms with Gasteiger partial charge in [-0.05, 0) is 37.8 Å². The Bertz CT molecular complexity index is 708. The van der Waals surface area contributed by atoms with E-state index in [9.17, 15) is 4.79 Å². The summed E-state index contributed by atoms with van der Waals surface area (Å²) in [6.45, 7) is 5.44. The second-order valence-corrected chi connectivity index (χ2v) is 6.25. The predicted molar refractivity (Wildman–Crippen MR) is 103 cm³/mol. The van der Waals surface area contributed by atoms with Crippen LogP contribution in [0.2, 0.25) is 0 Å². The van der Waals surface area contributed by atoms with Crippen molar-refractivity contribution in [2.24, 2.45) is 11.7 Å². The van der Waals surface area contributed by atoms with E-state index in [0.29, 0.717) is 12.5 Å². The standard InChI is InChI=1S/C18H23N3O.2ClH/c1-12-6-5-9-21(17(12)11-19)18(22)15-10-13(2)20-16-8-4-3-7-14(15)16;;/h3-4,7-8,10,12,17H,5-6,9,11,19H2,1-2H3;2*1H. The van der Waals surface area contributed by atoms with E-state index >= 15 is 0 Å². The van der Waals surface area contributed by atoms with Gasteiger partial charge in [0, 0.05) is 30.2 Å². The summed E-state index contributed by atoms with van der Waals surface area (Å²) in [7, 11) is 0. The number of aryl methyl sites for hydroxylation is 1. The van der Waals surface area contributed by atoms with Crippen molar-refractivity contribution in [1.29, 1.82) is 0 Å². The topological polar surface area (TPSA) is 59.2 Å². The maximum absolute atomic E-state index is 13.1. The molecule has 2 aromatic rings. The van der Waals surface area contributed by atoms with Crippen LogP contribution < -0.4 is 5.73 Å². The van der Waals surface area contributed by atoms with Crippen molar-refractivity contribution in [3.05, 3.63) is 41.6 Å². The molecule has 1 aliphatic heterocycles. The Kier molecular flexibility index (Phi) is 7.46. The Labute approximate surface area is 155 Å². The zero-order valence-corrected chi connectivity index (χ0v) is 15.7. The number of likely N-dealkylation sites (tertiary alicyclic amines) is 1. The van der Waals surface area contributed by atoms with Crippen LogP contribution in [0.3, 0.4) is 0 Å². The van der Waals surface area contributed by atoms with Gasteiger partial charge in [-0.15, -0.1) is 24.8 Å². The van der Waals surface area contributed by atoms with Crippen molar-refractivity contribution in [3.8, 4) is 0 Å². The Hall–Kier alpha value is -1.36. The van der Waals surface area contributed by atoms with Crippen LogP contribution in [0.1, 0.15) is 35.8 Å². The number of fused-ring (bicyclic) bond motifs is 1. The summed E-state index contributed by atoms with van der Waals surface area (Å²) >= 11 is 0. The lowest BCUT2D eigenvalue weighted by molar-refractivity contribution is 0.0534. The van der Waals surface area contributed by atoms with Crippen LogP contribution in [0.5, 0.6) is 0 Å². The summed E-state index contributed by atoms with van der Waals surface area (Å²) in [4.78, 5) is 19.6. The molecule has 0 spiro atoms. The third-order valence-electron chi connectivity index (χ3n) is 4.69. The van der Waals surface area contributed by atoms with Crippen LogP contribution in [0.25, 0.3) is 10.9 Å². The summed E-state index contributed by atoms with van der Waals surface area (Å²) in [5, 5.41) is 0.923. The van der Waals surface area contributed by atoms with Crippen molar-refractivity contribution < 1.29 is 4.79 Å². The Morgan fingerprint density at radius 1 is 1.33 bits per heavy atom. The maximum Gasteiger partial charge on any atom is 0.254 e. The number of hydrogen-bond acceptors (Lipinski definition) is 3. The first kappa shape index (κ1) is 20.7. The molecule has 1 saturated heterocycles. The molecule has 6 heteroatoms. The summed E-state index contributed by atoms with van der Waals surface area (Å²) < 4.78 is 0. The number of carbonyl (C=O) groups is 1. The van der Waals surface area contributed by atoms with Gasteiger partial charge in [0.2, 0.25) is 0 Å². The molecule has 1 aromatic carbocycles. The SMILES string of the molecule is Cc1cc(C(=O)N2CCCC(C)C2CN)c2ccccc2n1.Cl.Cl. The highest BCUT2D eigenvalue weighted by atomic mass is 35.5. The average Bonchev–Trinajstić information content (AvgIpc) is 2.53. The first-order valence-corrected chi connectivity index (χ1v) is 7.99. The van der Waals surface area contributed by atoms with E-state index in [1.165, 1.54) is 0 Å². The molecular formula is C18H25Cl2N3O. The van der Waals surface area contributed by atoms with Crippen LogP contribution >= 0.6 is 24.8 Å². The lowest BCUT2D eigenvalue weighted by Crippen LogP contribution is -2.51. The van der Waals surface area contributed by atoms with Crippen LogP contribution in [-0.2, 0) is 0 Å². The lowest BCUT2D eigenvalue weighted by Gasteiger charge is -2.39. The summed E-state index contributed by atoms with van der Waals surface area (Å²) in [6, 6.07) is 9.87. The first-order chi connectivity index (χ1) is 10.6. The Balaban J connectivity index is 0.00000144. The van der Waals surface area contributed by atoms with Gasteiger partial charge in [0.25, 0.3) is 5.91 Å². The largest absolute Gasteiger partial charge is 0.334 e. The number of hydrogen-bond donors (Lipinski definition) is 1. The average molecular weight is 370 g/mol. The molecule has 2 heterocycles. The van der Waals surface area contributed by atoms with Gasteiger partial charge < -0.3 is 10.6 Å². The summed E-state index contributed by atoms with van der Waals surface area (Å²) in [5.41, 5.74) is 8.43. The van der Waals surface area contributed by atoms with Gasteiger partial charge in [0.05, 0.1) is 11.1 Å². The minimum absolute atomic E-state index is 0. The molecule has 24 heavy (non-hydrogen) atoms. The highest BCUT2D eigenvalue weighted by molar-refractivity contribution is 6.06. The fraction of sp³-hybridized carbons (Fsp3) is 0.444. The quantitative estimate of drug-likeness (QED) is 0.879. The molecular weight excluding hydrogens is 345 g/mol. The molecule has 1 amide bonds. The van der Waals surface area contributed by atoms with Crippen molar-refractivity contribution >= 4 is 41.6 Å². The fourth-order valence-corrected chi connectivity index (χ4v) is 3.50. The number of benzene rings is 1. The Morgan fingerprint density at radius 2 is 2.04 bits per heavy atom. The number of nitrogens with two attached hydrogens (primary N) is 1. The molecule has 4 nitrogen and oxygen atoms in total. The van der Waals surface area contributed by atoms with Gasteiger partial charge in [-0.25, -0.2) is 0 Å². The molecule has 2 N–H and O–H groups in total. The number of rotatable bonds is 2. The number of para-hydroxylation sites is 1. The molecule has 0 aliphatic carbocycles. The molecule has 1 aliphatic rings. The van der Waals surface area contributed by atoms with Crippen LogP contribution in [0.15, 0.2) is 30.3 Å². The van der Waals surface area contributed by atoms with Crippen molar-refractivity contribution in [1.82, 2.24) is 9.88 Å². The van der Waals surface area contributed by atoms with E-state index in [0.717, 1.165) is 41.5 Å². The monoisotopic (exact) mass is 369 g/mol. The molecule has 0 radical (unpaired) electrons. The minimum atomic E-state index is 0. The number of piperidine rings is 1. The number of amides is 1. The maximum atomic E-state index is 13.1. The minimum Gasteiger partial charge on any atom is -0.334 e. The van der Waals surface area contributed by atoms with Gasteiger partial charge in [0.1, 0.15) is 0 Å². The molecule has 132 valence electrons. The van der Waals surface area contributed by atoms with E-state index in [2.05, 4.69) is 11.9 Å². The zero-order valence-electron chi connectivity index (χ0n) is 14.1. The second kappa shape index (κ2) is 8.65. The molecule has 0 bridgehead atoms. The highest BCUT2D eigenvalue weighted by Gasteiger charge is 2.32. The van der Waals surface area contributed by atoms with E-state index in [1.54, 1.807) is 0 Å². The molecule has 1 aromatic heterocycles. The fourth-order valence-electron chi connectivity index (χ4n) is 3.50. The van der Waals surface area contributed by atoms with Crippen molar-refractivity contribution in [3.63, 3.8) is 0 Å². The molecule has 2 unspecified atom stereocenters. The Morgan fingerprint density at radius 3 is 2.75 bits per heavy atom. The second-order valence-electron chi connectivity index (χ2n) is 6.25. The normalized spacial score (nSPS) is 20.2. The molecule has 1 fully saturated rings. The van der Waals surface area contributed by atoms with Crippen LogP contribution in [0.4, 0.5) is 0 Å². The highest BCUT2D eigenvalue weighted by Crippen LogP contribution is 2.27. The van der Waals surface area contributed by atoms with Gasteiger partial charge in [-0.1, -0.05) is 25.1 Å². The smallest absolute Gasteiger partial charge is 0.254 e. The van der Waals surface area contributed by atoms with Crippen molar-refractivity contribution in [2.45, 2.75) is 32.7 Å². The summed E-state index contributed by atoms with van der Waals surface area (Å²) in [6.07, 6.45) is 2.19. The van der Waals surface area contributed by atoms with Gasteiger partial charge in [-0.3, -0.25) is 9.78 Å². The van der Waals surface area contributed by atoms with Gasteiger partial charge in [-0.2, -0.15) is 0 Å². The van der Waals surface area contributed by atoms with E-state index in [-0.39, 0.29) is 36.8 Å². The number of carbonyl (C=O) groups excluding carboxylic acids is 1. The van der Waals surface area contributed by atoms with E-state index < -0.39 is 0 Å². The number of aromatic nitrogens is 1. The zero-order chi connectivity index (χ0) is 15.7. The van der Waals surface area contributed by atoms with Gasteiger partial charge in [0.15, 0.2) is 0 Å². The summed E-state index contributed by atoms with van der Waals surface area (Å²) in [5.74, 6) is 0.542. The van der Waals surface area contributed by atoms with Crippen LogP contribution in [-0.4, -0.2) is 34.9 Å². The van der Waals surface area contributed by atoms with E-state index in [1.807, 2.05) is 42.2 Å². The molecule has 2 atom stereocenters. The van der Waals surface area contributed by atoms with Gasteiger partial charge >= 0.3 is 0 Å². The first-order valence-electron chi connectivity index (χ1n) is 7.99. The number of nitrogens with zero attached hydrogens (tertiary/aromatic N) is 2. The lowest BCUT2D eigenvalue weighted by atomic mass is 9.90.